The van der Waals surface area contributed by atoms with Gasteiger partial charge in [0.1, 0.15) is 6.10 Å². The minimum atomic E-state index is 0. The second-order valence-electron chi connectivity index (χ2n) is 6.65. The number of nitrogens with zero attached hydrogens (tertiary/aromatic N) is 2. The maximum atomic E-state index is 5.97. The molecule has 1 fully saturated rings. The Kier molecular flexibility index (Phi) is 7.68. The zero-order valence-electron chi connectivity index (χ0n) is 15.4. The van der Waals surface area contributed by atoms with Gasteiger partial charge in [-0.25, -0.2) is 9.98 Å². The zero-order chi connectivity index (χ0) is 17.6. The minimum Gasteiger partial charge on any atom is -0.474 e. The van der Waals surface area contributed by atoms with E-state index in [4.69, 9.17) is 10.5 Å². The first-order chi connectivity index (χ1) is 12.1. The fourth-order valence-corrected chi connectivity index (χ4v) is 2.93. The molecule has 0 spiro atoms. The summed E-state index contributed by atoms with van der Waals surface area (Å²) < 4.78 is 5.87. The number of benzene rings is 1. The predicted octanol–water partition coefficient (Wildman–Crippen LogP) is 4.56. The number of ether oxygens (including phenoxy) is 1. The Bertz CT molecular complexity index is 740. The van der Waals surface area contributed by atoms with Gasteiger partial charge in [-0.3, -0.25) is 0 Å². The van der Waals surface area contributed by atoms with E-state index in [9.17, 15) is 0 Å². The Morgan fingerprint density at radius 3 is 2.62 bits per heavy atom. The number of halogens is 1. The number of guanidine groups is 1. The molecule has 0 aliphatic heterocycles. The quantitative estimate of drug-likeness (QED) is 0.385. The van der Waals surface area contributed by atoms with E-state index in [-0.39, 0.29) is 24.0 Å². The monoisotopic (exact) mass is 466 g/mol. The predicted molar refractivity (Wildman–Crippen MR) is 117 cm³/mol. The summed E-state index contributed by atoms with van der Waals surface area (Å²) in [5.41, 5.74) is 10.4. The number of nitrogens with two attached hydrogens (primary N) is 1. The summed E-state index contributed by atoms with van der Waals surface area (Å²) in [5.74, 6) is 1.09. The molecule has 1 aromatic heterocycles. The van der Waals surface area contributed by atoms with E-state index in [0.29, 0.717) is 24.5 Å². The van der Waals surface area contributed by atoms with E-state index in [2.05, 4.69) is 41.3 Å². The van der Waals surface area contributed by atoms with Crippen molar-refractivity contribution in [2.24, 2.45) is 10.7 Å². The van der Waals surface area contributed by atoms with Crippen molar-refractivity contribution in [3.63, 3.8) is 0 Å². The number of anilines is 1. The molecule has 1 aliphatic carbocycles. The molecule has 3 N–H and O–H groups in total. The maximum Gasteiger partial charge on any atom is 0.213 e. The lowest BCUT2D eigenvalue weighted by Crippen LogP contribution is -2.22. The Hall–Kier alpha value is -1.83. The standard InChI is InChI=1S/C20H26N4O.HI/c1-14-7-9-17(11-15(14)2)24-20(21)23-13-16-8-10-19(22-12-16)25-18-5-3-4-6-18;/h7-12,18H,3-6,13H2,1-2H3,(H3,21,23,24);1H. The number of aromatic nitrogens is 1. The van der Waals surface area contributed by atoms with Crippen molar-refractivity contribution in [2.75, 3.05) is 5.32 Å². The average Bonchev–Trinajstić information content (AvgIpc) is 3.11. The smallest absolute Gasteiger partial charge is 0.213 e. The second-order valence-corrected chi connectivity index (χ2v) is 6.65. The molecule has 0 radical (unpaired) electrons. The molecule has 0 bridgehead atoms. The summed E-state index contributed by atoms with van der Waals surface area (Å²) in [7, 11) is 0. The first-order valence-electron chi connectivity index (χ1n) is 8.86. The van der Waals surface area contributed by atoms with Gasteiger partial charge in [0, 0.05) is 18.0 Å². The van der Waals surface area contributed by atoms with Crippen LogP contribution < -0.4 is 15.8 Å². The molecule has 6 heteroatoms. The fourth-order valence-electron chi connectivity index (χ4n) is 2.93. The average molecular weight is 466 g/mol. The summed E-state index contributed by atoms with van der Waals surface area (Å²) in [6.07, 6.45) is 6.91. The van der Waals surface area contributed by atoms with Gasteiger partial charge in [0.15, 0.2) is 5.96 Å². The normalized spacial score (nSPS) is 14.8. The SMILES string of the molecule is Cc1ccc(NC(N)=NCc2ccc(OC3CCCC3)nc2)cc1C.I. The minimum absolute atomic E-state index is 0. The van der Waals surface area contributed by atoms with Gasteiger partial charge in [-0.05, 0) is 68.4 Å². The number of aliphatic imine (C=N–C) groups is 1. The molecule has 3 rings (SSSR count). The van der Waals surface area contributed by atoms with Crippen LogP contribution in [0.4, 0.5) is 5.69 Å². The molecule has 1 saturated carbocycles. The molecule has 1 aliphatic rings. The lowest BCUT2D eigenvalue weighted by Gasteiger charge is -2.12. The van der Waals surface area contributed by atoms with Crippen molar-refractivity contribution < 1.29 is 4.74 Å². The van der Waals surface area contributed by atoms with Crippen molar-refractivity contribution >= 4 is 35.6 Å². The second kappa shape index (κ2) is 9.75. The van der Waals surface area contributed by atoms with Crippen molar-refractivity contribution in [3.8, 4) is 5.88 Å². The summed E-state index contributed by atoms with van der Waals surface area (Å²) in [6.45, 7) is 4.65. The lowest BCUT2D eigenvalue weighted by atomic mass is 10.1. The third-order valence-electron chi connectivity index (χ3n) is 4.60. The molecule has 1 heterocycles. The van der Waals surface area contributed by atoms with E-state index in [1.165, 1.54) is 24.0 Å². The largest absolute Gasteiger partial charge is 0.474 e. The van der Waals surface area contributed by atoms with E-state index < -0.39 is 0 Å². The van der Waals surface area contributed by atoms with E-state index in [0.717, 1.165) is 24.1 Å². The molecule has 0 saturated heterocycles. The first-order valence-corrected chi connectivity index (χ1v) is 8.86. The van der Waals surface area contributed by atoms with Crippen LogP contribution >= 0.6 is 24.0 Å². The number of hydrogen-bond acceptors (Lipinski definition) is 3. The van der Waals surface area contributed by atoms with Crippen molar-refractivity contribution in [1.82, 2.24) is 4.98 Å². The van der Waals surface area contributed by atoms with Crippen LogP contribution in [-0.2, 0) is 6.54 Å². The van der Waals surface area contributed by atoms with Gasteiger partial charge in [0.05, 0.1) is 6.54 Å². The van der Waals surface area contributed by atoms with E-state index in [1.807, 2.05) is 18.2 Å². The van der Waals surface area contributed by atoms with Gasteiger partial charge < -0.3 is 15.8 Å². The van der Waals surface area contributed by atoms with Crippen LogP contribution in [-0.4, -0.2) is 17.0 Å². The highest BCUT2D eigenvalue weighted by molar-refractivity contribution is 14.0. The van der Waals surface area contributed by atoms with Crippen molar-refractivity contribution in [3.05, 3.63) is 53.2 Å². The Balaban J connectivity index is 0.00000243. The van der Waals surface area contributed by atoms with Crippen molar-refractivity contribution in [1.29, 1.82) is 0 Å². The Morgan fingerprint density at radius 2 is 1.96 bits per heavy atom. The van der Waals surface area contributed by atoms with Gasteiger partial charge >= 0.3 is 0 Å². The third-order valence-corrected chi connectivity index (χ3v) is 4.60. The highest BCUT2D eigenvalue weighted by atomic mass is 127. The molecule has 26 heavy (non-hydrogen) atoms. The molecule has 0 amide bonds. The van der Waals surface area contributed by atoms with Gasteiger partial charge in [-0.1, -0.05) is 12.1 Å². The van der Waals surface area contributed by atoms with Crippen LogP contribution in [0.1, 0.15) is 42.4 Å². The summed E-state index contributed by atoms with van der Waals surface area (Å²) in [6, 6.07) is 10.0. The van der Waals surface area contributed by atoms with Gasteiger partial charge in [-0.15, -0.1) is 24.0 Å². The Morgan fingerprint density at radius 1 is 1.19 bits per heavy atom. The molecule has 5 nitrogen and oxygen atoms in total. The third kappa shape index (κ3) is 5.86. The summed E-state index contributed by atoms with van der Waals surface area (Å²) in [4.78, 5) is 8.75. The Labute approximate surface area is 172 Å². The van der Waals surface area contributed by atoms with Gasteiger partial charge in [-0.2, -0.15) is 0 Å². The van der Waals surface area contributed by atoms with Crippen molar-refractivity contribution in [2.45, 2.75) is 52.2 Å². The summed E-state index contributed by atoms with van der Waals surface area (Å²) >= 11 is 0. The molecule has 140 valence electrons. The molecular formula is C20H27IN4O. The van der Waals surface area contributed by atoms with Crippen LogP contribution in [0.2, 0.25) is 0 Å². The maximum absolute atomic E-state index is 5.97. The van der Waals surface area contributed by atoms with E-state index in [1.54, 1.807) is 6.20 Å². The molecular weight excluding hydrogens is 439 g/mol. The number of pyridine rings is 1. The number of hydrogen-bond donors (Lipinski definition) is 2. The zero-order valence-corrected chi connectivity index (χ0v) is 17.7. The molecule has 0 unspecified atom stereocenters. The highest BCUT2D eigenvalue weighted by Crippen LogP contribution is 2.23. The fraction of sp³-hybridized carbons (Fsp3) is 0.400. The number of aryl methyl sites for hydroxylation is 2. The number of nitrogens with one attached hydrogen (secondary N) is 1. The van der Waals surface area contributed by atoms with Crippen LogP contribution in [0.3, 0.4) is 0 Å². The topological polar surface area (TPSA) is 72.5 Å². The first kappa shape index (κ1) is 20.5. The number of rotatable bonds is 5. The van der Waals surface area contributed by atoms with Crippen LogP contribution in [0.5, 0.6) is 5.88 Å². The molecule has 1 aromatic carbocycles. The highest BCUT2D eigenvalue weighted by Gasteiger charge is 2.16. The lowest BCUT2D eigenvalue weighted by molar-refractivity contribution is 0.201. The summed E-state index contributed by atoms with van der Waals surface area (Å²) in [5, 5.41) is 3.12. The van der Waals surface area contributed by atoms with Crippen LogP contribution in [0.25, 0.3) is 0 Å². The molecule has 0 atom stereocenters. The van der Waals surface area contributed by atoms with Crippen LogP contribution in [0.15, 0.2) is 41.5 Å². The van der Waals surface area contributed by atoms with Gasteiger partial charge in [0.2, 0.25) is 5.88 Å². The van der Waals surface area contributed by atoms with Crippen LogP contribution in [0, 0.1) is 13.8 Å². The van der Waals surface area contributed by atoms with Gasteiger partial charge in [0.25, 0.3) is 0 Å². The van der Waals surface area contributed by atoms with E-state index >= 15 is 0 Å². The molecule has 2 aromatic rings.